The zero-order valence-electron chi connectivity index (χ0n) is 25.9. The molecule has 1 heterocycles. The number of rotatable bonds is 9. The lowest BCUT2D eigenvalue weighted by Gasteiger charge is -2.57. The number of barbiturate groups is 1. The van der Waals surface area contributed by atoms with Crippen molar-refractivity contribution in [1.82, 2.24) is 5.32 Å². The third kappa shape index (κ3) is 5.68. The van der Waals surface area contributed by atoms with Crippen LogP contribution in [0.25, 0.3) is 6.08 Å². The van der Waals surface area contributed by atoms with Crippen LogP contribution in [0.15, 0.2) is 83.4 Å². The van der Waals surface area contributed by atoms with E-state index in [1.165, 1.54) is 50.2 Å². The highest BCUT2D eigenvalue weighted by Crippen LogP contribution is 2.60. The first-order chi connectivity index (χ1) is 22.2. The number of carbonyl (C=O) groups is 3. The summed E-state index contributed by atoms with van der Waals surface area (Å²) in [6.07, 6.45) is 11.5. The van der Waals surface area contributed by atoms with Gasteiger partial charge in [0.05, 0.1) is 12.8 Å². The normalized spacial score (nSPS) is 26.0. The SMILES string of the molecule is C=CCc1cc(/C=C2\C(=O)NC(=O)N(c3ccc(C45CC6CC(CC(C6)C4)C5)cc3)C2=O)cc(OC)c1OCc1ccc(Br)cc1. The predicted octanol–water partition coefficient (Wildman–Crippen LogP) is 7.90. The van der Waals surface area contributed by atoms with Crippen LogP contribution in [-0.4, -0.2) is 25.0 Å². The molecule has 0 unspecified atom stereocenters. The molecule has 7 nitrogen and oxygen atoms in total. The van der Waals surface area contributed by atoms with Crippen molar-refractivity contribution in [2.45, 2.75) is 57.0 Å². The van der Waals surface area contributed by atoms with Crippen molar-refractivity contribution in [3.8, 4) is 11.5 Å². The third-order valence-corrected chi connectivity index (χ3v) is 10.8. The van der Waals surface area contributed by atoms with Gasteiger partial charge >= 0.3 is 6.03 Å². The topological polar surface area (TPSA) is 84.9 Å². The fourth-order valence-electron chi connectivity index (χ4n) is 8.61. The Bertz CT molecular complexity index is 1710. The molecule has 4 amide bonds. The fraction of sp³-hybridized carbons (Fsp3) is 0.342. The summed E-state index contributed by atoms with van der Waals surface area (Å²) in [5.41, 5.74) is 4.15. The molecule has 1 N–H and O–H groups in total. The molecule has 3 aromatic carbocycles. The van der Waals surface area contributed by atoms with E-state index in [2.05, 4.69) is 40.0 Å². The Balaban J connectivity index is 1.15. The number of methoxy groups -OCH3 is 1. The fourth-order valence-corrected chi connectivity index (χ4v) is 8.88. The summed E-state index contributed by atoms with van der Waals surface area (Å²) in [7, 11) is 1.54. The van der Waals surface area contributed by atoms with E-state index >= 15 is 0 Å². The number of anilines is 1. The number of nitrogens with zero attached hydrogens (tertiary/aromatic N) is 1. The van der Waals surface area contributed by atoms with E-state index < -0.39 is 17.8 Å². The van der Waals surface area contributed by atoms with Crippen molar-refractivity contribution in [2.24, 2.45) is 17.8 Å². The van der Waals surface area contributed by atoms with Crippen molar-refractivity contribution >= 4 is 45.5 Å². The summed E-state index contributed by atoms with van der Waals surface area (Å²) >= 11 is 3.45. The van der Waals surface area contributed by atoms with Gasteiger partial charge in [0.15, 0.2) is 11.5 Å². The summed E-state index contributed by atoms with van der Waals surface area (Å²) in [5, 5.41) is 2.36. The maximum Gasteiger partial charge on any atom is 0.335 e. The molecule has 0 radical (unpaired) electrons. The van der Waals surface area contributed by atoms with E-state index in [0.717, 1.165) is 38.3 Å². The van der Waals surface area contributed by atoms with E-state index in [9.17, 15) is 14.4 Å². The molecule has 5 fully saturated rings. The molecule has 0 aromatic heterocycles. The Morgan fingerprint density at radius 3 is 2.22 bits per heavy atom. The maximum atomic E-state index is 13.8. The minimum atomic E-state index is -0.753. The molecule has 4 aliphatic carbocycles. The van der Waals surface area contributed by atoms with Crippen molar-refractivity contribution in [1.29, 1.82) is 0 Å². The highest BCUT2D eigenvalue weighted by Gasteiger charge is 2.51. The minimum Gasteiger partial charge on any atom is -0.493 e. The standard InChI is InChI=1S/C38H37BrN2O5/c1-3-4-28-16-24(18-33(45-2)34(28)46-22-23-5-9-30(39)10-6-23)17-32-35(42)40-37(44)41(36(32)43)31-11-7-29(8-12-31)38-19-25-13-26(20-38)15-27(14-25)21-38/h3,5-12,16-18,25-27H,1,4,13-15,19-22H2,2H3,(H,40,42,44)/b32-17+. The van der Waals surface area contributed by atoms with Gasteiger partial charge in [-0.2, -0.15) is 0 Å². The Morgan fingerprint density at radius 1 is 0.957 bits per heavy atom. The van der Waals surface area contributed by atoms with Gasteiger partial charge in [-0.15, -0.1) is 6.58 Å². The number of hydrogen-bond donors (Lipinski definition) is 1. The van der Waals surface area contributed by atoms with E-state index in [-0.39, 0.29) is 11.0 Å². The number of allylic oxidation sites excluding steroid dienone is 1. The van der Waals surface area contributed by atoms with Crippen molar-refractivity contribution in [2.75, 3.05) is 12.0 Å². The van der Waals surface area contributed by atoms with Gasteiger partial charge in [0.25, 0.3) is 11.8 Å². The first kappa shape index (κ1) is 30.5. The lowest BCUT2D eigenvalue weighted by atomic mass is 9.48. The molecule has 1 aliphatic heterocycles. The van der Waals surface area contributed by atoms with Gasteiger partial charge in [0.2, 0.25) is 0 Å². The predicted molar refractivity (Wildman–Crippen MR) is 181 cm³/mol. The second-order valence-electron chi connectivity index (χ2n) is 13.3. The van der Waals surface area contributed by atoms with Crippen molar-refractivity contribution in [3.63, 3.8) is 0 Å². The number of amides is 4. The van der Waals surface area contributed by atoms with Gasteiger partial charge in [-0.1, -0.05) is 46.3 Å². The molecule has 4 bridgehead atoms. The van der Waals surface area contributed by atoms with Crippen LogP contribution in [-0.2, 0) is 28.0 Å². The number of ether oxygens (including phenoxy) is 2. The van der Waals surface area contributed by atoms with Gasteiger partial charge < -0.3 is 9.47 Å². The molecule has 0 atom stereocenters. The number of halogens is 1. The molecule has 5 aliphatic rings. The number of hydrogen-bond acceptors (Lipinski definition) is 5. The Morgan fingerprint density at radius 2 is 1.61 bits per heavy atom. The Kier molecular flexibility index (Phi) is 8.09. The smallest absolute Gasteiger partial charge is 0.335 e. The molecule has 1 saturated heterocycles. The first-order valence-corrected chi connectivity index (χ1v) is 16.8. The first-order valence-electron chi connectivity index (χ1n) is 16.0. The van der Waals surface area contributed by atoms with Gasteiger partial charge in [-0.3, -0.25) is 14.9 Å². The van der Waals surface area contributed by atoms with Crippen LogP contribution in [0.1, 0.15) is 60.8 Å². The van der Waals surface area contributed by atoms with Gasteiger partial charge in [0.1, 0.15) is 12.2 Å². The molecule has 8 rings (SSSR count). The highest BCUT2D eigenvalue weighted by atomic mass is 79.9. The molecule has 8 heteroatoms. The maximum absolute atomic E-state index is 13.8. The number of urea groups is 1. The molecule has 0 spiro atoms. The van der Waals surface area contributed by atoms with E-state index in [0.29, 0.717) is 35.8 Å². The second-order valence-corrected chi connectivity index (χ2v) is 14.2. The molecular formula is C38H37BrN2O5. The van der Waals surface area contributed by atoms with Gasteiger partial charge in [-0.25, -0.2) is 9.69 Å². The van der Waals surface area contributed by atoms with Crippen molar-refractivity contribution < 1.29 is 23.9 Å². The van der Waals surface area contributed by atoms with Crippen LogP contribution in [0.4, 0.5) is 10.5 Å². The minimum absolute atomic E-state index is 0.139. The van der Waals surface area contributed by atoms with Gasteiger partial charge in [0, 0.05) is 10.0 Å². The van der Waals surface area contributed by atoms with E-state index in [1.807, 2.05) is 42.5 Å². The summed E-state index contributed by atoms with van der Waals surface area (Å²) in [6, 6.07) is 18.5. The lowest BCUT2D eigenvalue weighted by Crippen LogP contribution is -2.54. The molecule has 3 aromatic rings. The van der Waals surface area contributed by atoms with Crippen molar-refractivity contribution in [3.05, 3.63) is 106 Å². The zero-order chi connectivity index (χ0) is 32.0. The van der Waals surface area contributed by atoms with Crippen LogP contribution in [0.2, 0.25) is 0 Å². The van der Waals surface area contributed by atoms with Crippen LogP contribution in [0.5, 0.6) is 11.5 Å². The quantitative estimate of drug-likeness (QED) is 0.141. The summed E-state index contributed by atoms with van der Waals surface area (Å²) in [4.78, 5) is 40.8. The molecule has 46 heavy (non-hydrogen) atoms. The van der Waals surface area contributed by atoms with Crippen LogP contribution >= 0.6 is 15.9 Å². The number of carbonyl (C=O) groups excluding carboxylic acids is 3. The third-order valence-electron chi connectivity index (χ3n) is 10.2. The second kappa shape index (κ2) is 12.2. The highest BCUT2D eigenvalue weighted by molar-refractivity contribution is 9.10. The zero-order valence-corrected chi connectivity index (χ0v) is 27.5. The summed E-state index contributed by atoms with van der Waals surface area (Å²) in [6.45, 7) is 4.21. The van der Waals surface area contributed by atoms with E-state index in [1.54, 1.807) is 19.3 Å². The summed E-state index contributed by atoms with van der Waals surface area (Å²) < 4.78 is 12.9. The monoisotopic (exact) mass is 680 g/mol. The van der Waals surface area contributed by atoms with Gasteiger partial charge in [-0.05, 0) is 127 Å². The largest absolute Gasteiger partial charge is 0.493 e. The Hall–Kier alpha value is -4.17. The molecular weight excluding hydrogens is 644 g/mol. The number of benzene rings is 3. The van der Waals surface area contributed by atoms with E-state index in [4.69, 9.17) is 9.47 Å². The molecule has 236 valence electrons. The molecule has 4 saturated carbocycles. The van der Waals surface area contributed by atoms with Crippen LogP contribution in [0.3, 0.4) is 0 Å². The average molecular weight is 682 g/mol. The number of nitrogens with one attached hydrogen (secondary N) is 1. The Labute approximate surface area is 277 Å². The van der Waals surface area contributed by atoms with Crippen LogP contribution in [0, 0.1) is 17.8 Å². The number of imide groups is 2. The lowest BCUT2D eigenvalue weighted by molar-refractivity contribution is -0.122. The summed E-state index contributed by atoms with van der Waals surface area (Å²) in [5.74, 6) is 2.06. The average Bonchev–Trinajstić information content (AvgIpc) is 3.03. The van der Waals surface area contributed by atoms with Crippen LogP contribution < -0.4 is 19.7 Å².